The van der Waals surface area contributed by atoms with Gasteiger partial charge in [-0.1, -0.05) is 56.2 Å². The van der Waals surface area contributed by atoms with Gasteiger partial charge in [0, 0.05) is 6.04 Å². The van der Waals surface area contributed by atoms with Crippen LogP contribution in [0.1, 0.15) is 69.8 Å². The maximum Gasteiger partial charge on any atom is 0.266 e. The topological polar surface area (TPSA) is 52.9 Å². The van der Waals surface area contributed by atoms with E-state index >= 15 is 0 Å². The molecule has 1 saturated heterocycles. The Bertz CT molecular complexity index is 796. The first kappa shape index (κ1) is 19.8. The van der Waals surface area contributed by atoms with Gasteiger partial charge in [0.05, 0.1) is 16.0 Å². The SMILES string of the molecule is O=C1/C(=C\c2ccc(O)c(Cl)c2)SC(=NC2CCCCC2)N1C1CCCCC1. The van der Waals surface area contributed by atoms with Gasteiger partial charge in [-0.15, -0.1) is 0 Å². The summed E-state index contributed by atoms with van der Waals surface area (Å²) in [5.41, 5.74) is 0.821. The molecule has 0 atom stereocenters. The molecule has 150 valence electrons. The molecule has 3 aliphatic rings. The molecule has 1 aliphatic heterocycles. The second-order valence-corrected chi connectivity index (χ2v) is 9.41. The maximum absolute atomic E-state index is 13.3. The third-order valence-corrected chi connectivity index (χ3v) is 7.21. The van der Waals surface area contributed by atoms with E-state index in [1.807, 2.05) is 11.0 Å². The van der Waals surface area contributed by atoms with Crippen molar-refractivity contribution in [2.75, 3.05) is 0 Å². The zero-order valence-corrected chi connectivity index (χ0v) is 17.6. The van der Waals surface area contributed by atoms with Crippen molar-refractivity contribution in [1.82, 2.24) is 4.90 Å². The van der Waals surface area contributed by atoms with Gasteiger partial charge in [-0.2, -0.15) is 0 Å². The van der Waals surface area contributed by atoms with Gasteiger partial charge in [-0.05, 0) is 61.2 Å². The van der Waals surface area contributed by atoms with Crippen molar-refractivity contribution >= 4 is 40.5 Å². The number of nitrogens with zero attached hydrogens (tertiary/aromatic N) is 2. The molecule has 0 radical (unpaired) electrons. The number of amides is 1. The van der Waals surface area contributed by atoms with E-state index in [-0.39, 0.29) is 17.7 Å². The largest absolute Gasteiger partial charge is 0.506 e. The van der Waals surface area contributed by atoms with Gasteiger partial charge in [0.15, 0.2) is 5.17 Å². The molecule has 0 bridgehead atoms. The maximum atomic E-state index is 13.3. The molecule has 1 amide bonds. The second-order valence-electron chi connectivity index (χ2n) is 7.99. The van der Waals surface area contributed by atoms with Crippen LogP contribution in [0.25, 0.3) is 6.08 Å². The summed E-state index contributed by atoms with van der Waals surface area (Å²) >= 11 is 7.54. The van der Waals surface area contributed by atoms with Crippen LogP contribution < -0.4 is 0 Å². The molecule has 1 aromatic rings. The minimum atomic E-state index is 0.0533. The number of amidine groups is 1. The van der Waals surface area contributed by atoms with Gasteiger partial charge in [-0.3, -0.25) is 14.7 Å². The van der Waals surface area contributed by atoms with Crippen molar-refractivity contribution in [2.45, 2.75) is 76.3 Å². The molecular weight excluding hydrogens is 392 g/mol. The van der Waals surface area contributed by atoms with E-state index in [1.54, 1.807) is 18.2 Å². The van der Waals surface area contributed by atoms with Crippen LogP contribution in [0.3, 0.4) is 0 Å². The van der Waals surface area contributed by atoms with Crippen LogP contribution in [-0.4, -0.2) is 33.2 Å². The highest BCUT2D eigenvalue weighted by Gasteiger charge is 2.39. The third kappa shape index (κ3) is 4.41. The van der Waals surface area contributed by atoms with Crippen LogP contribution >= 0.6 is 23.4 Å². The van der Waals surface area contributed by atoms with Crippen LogP contribution in [0.5, 0.6) is 5.75 Å². The van der Waals surface area contributed by atoms with Crippen molar-refractivity contribution in [3.05, 3.63) is 33.7 Å². The van der Waals surface area contributed by atoms with Crippen molar-refractivity contribution in [3.8, 4) is 5.75 Å². The number of phenols is 1. The first-order chi connectivity index (χ1) is 13.6. The molecule has 2 saturated carbocycles. The summed E-state index contributed by atoms with van der Waals surface area (Å²) in [5.74, 6) is 0.119. The summed E-state index contributed by atoms with van der Waals surface area (Å²) < 4.78 is 0. The molecular formula is C22H27ClN2O2S. The Morgan fingerprint density at radius 2 is 1.75 bits per heavy atom. The Morgan fingerprint density at radius 1 is 1.07 bits per heavy atom. The average Bonchev–Trinajstić information content (AvgIpc) is 3.01. The Morgan fingerprint density at radius 3 is 2.43 bits per heavy atom. The van der Waals surface area contributed by atoms with Crippen LogP contribution in [0.15, 0.2) is 28.1 Å². The van der Waals surface area contributed by atoms with E-state index in [4.69, 9.17) is 16.6 Å². The van der Waals surface area contributed by atoms with E-state index in [9.17, 15) is 9.90 Å². The summed E-state index contributed by atoms with van der Waals surface area (Å²) in [5, 5.41) is 10.8. The van der Waals surface area contributed by atoms with Gasteiger partial charge in [0.25, 0.3) is 5.91 Å². The predicted octanol–water partition coefficient (Wildman–Crippen LogP) is 5.98. The zero-order valence-electron chi connectivity index (χ0n) is 16.1. The molecule has 1 N–H and O–H groups in total. The smallest absolute Gasteiger partial charge is 0.266 e. The van der Waals surface area contributed by atoms with Crippen LogP contribution in [0.4, 0.5) is 0 Å². The quantitative estimate of drug-likeness (QED) is 0.614. The number of carbonyl (C=O) groups excluding carboxylic acids is 1. The Hall–Kier alpha value is -1.46. The predicted molar refractivity (Wildman–Crippen MR) is 117 cm³/mol. The minimum Gasteiger partial charge on any atom is -0.506 e. The molecule has 3 fully saturated rings. The molecule has 2 aliphatic carbocycles. The summed E-state index contributed by atoms with van der Waals surface area (Å²) in [6, 6.07) is 5.65. The van der Waals surface area contributed by atoms with Crippen LogP contribution in [0.2, 0.25) is 5.02 Å². The fraction of sp³-hybridized carbons (Fsp3) is 0.545. The van der Waals surface area contributed by atoms with E-state index in [0.717, 1.165) is 36.4 Å². The van der Waals surface area contributed by atoms with E-state index in [1.165, 1.54) is 50.3 Å². The lowest BCUT2D eigenvalue weighted by Crippen LogP contribution is -2.41. The lowest BCUT2D eigenvalue weighted by atomic mass is 9.94. The lowest BCUT2D eigenvalue weighted by Gasteiger charge is -2.31. The Labute approximate surface area is 176 Å². The normalized spacial score (nSPS) is 25.2. The molecule has 6 heteroatoms. The van der Waals surface area contributed by atoms with Crippen LogP contribution in [-0.2, 0) is 4.79 Å². The summed E-state index contributed by atoms with van der Waals surface area (Å²) in [4.78, 5) is 21.0. The van der Waals surface area contributed by atoms with Gasteiger partial charge >= 0.3 is 0 Å². The van der Waals surface area contributed by atoms with E-state index < -0.39 is 0 Å². The Balaban J connectivity index is 1.63. The number of phenolic OH excluding ortho intramolecular Hbond substituents is 1. The highest BCUT2D eigenvalue weighted by molar-refractivity contribution is 8.18. The molecule has 1 heterocycles. The average molecular weight is 419 g/mol. The summed E-state index contributed by atoms with van der Waals surface area (Å²) in [6.45, 7) is 0. The van der Waals surface area contributed by atoms with Crippen molar-refractivity contribution in [1.29, 1.82) is 0 Å². The van der Waals surface area contributed by atoms with Crippen molar-refractivity contribution in [2.24, 2.45) is 4.99 Å². The van der Waals surface area contributed by atoms with Gasteiger partial charge in [-0.25, -0.2) is 0 Å². The number of aliphatic imine (C=N–C) groups is 1. The number of thioether (sulfide) groups is 1. The highest BCUT2D eigenvalue weighted by atomic mass is 35.5. The number of rotatable bonds is 3. The monoisotopic (exact) mass is 418 g/mol. The molecule has 4 nitrogen and oxygen atoms in total. The van der Waals surface area contributed by atoms with Gasteiger partial charge < -0.3 is 5.11 Å². The number of hydrogen-bond donors (Lipinski definition) is 1. The number of benzene rings is 1. The molecule has 0 unspecified atom stereocenters. The number of aromatic hydroxyl groups is 1. The number of hydrogen-bond acceptors (Lipinski definition) is 4. The fourth-order valence-electron chi connectivity index (χ4n) is 4.37. The zero-order chi connectivity index (χ0) is 19.5. The molecule has 0 spiro atoms. The fourth-order valence-corrected chi connectivity index (χ4v) is 5.67. The standard InChI is InChI=1S/C22H27ClN2O2S/c23-18-13-15(11-12-19(18)26)14-20-21(27)25(17-9-5-2-6-10-17)22(28-20)24-16-7-3-1-4-8-16/h11-14,16-17,26H,1-10H2/b20-14+,24-22?. The highest BCUT2D eigenvalue weighted by Crippen LogP contribution is 2.39. The summed E-state index contributed by atoms with van der Waals surface area (Å²) in [6.07, 6.45) is 13.6. The molecule has 1 aromatic carbocycles. The first-order valence-corrected chi connectivity index (χ1v) is 11.6. The number of halogens is 1. The molecule has 28 heavy (non-hydrogen) atoms. The van der Waals surface area contributed by atoms with Crippen molar-refractivity contribution in [3.63, 3.8) is 0 Å². The number of carbonyl (C=O) groups is 1. The minimum absolute atomic E-state index is 0.0533. The molecule has 4 rings (SSSR count). The van der Waals surface area contributed by atoms with Crippen LogP contribution in [0, 0.1) is 0 Å². The lowest BCUT2D eigenvalue weighted by molar-refractivity contribution is -0.124. The van der Waals surface area contributed by atoms with Gasteiger partial charge in [0.2, 0.25) is 0 Å². The van der Waals surface area contributed by atoms with E-state index in [2.05, 4.69) is 0 Å². The summed E-state index contributed by atoms with van der Waals surface area (Å²) in [7, 11) is 0. The third-order valence-electron chi connectivity index (χ3n) is 5.91. The first-order valence-electron chi connectivity index (χ1n) is 10.4. The van der Waals surface area contributed by atoms with Gasteiger partial charge in [0.1, 0.15) is 5.75 Å². The Kier molecular flexibility index (Phi) is 6.32. The van der Waals surface area contributed by atoms with Crippen molar-refractivity contribution < 1.29 is 9.90 Å². The molecule has 0 aromatic heterocycles. The second kappa shape index (κ2) is 8.91. The van der Waals surface area contributed by atoms with E-state index in [0.29, 0.717) is 16.0 Å².